The second-order valence-electron chi connectivity index (χ2n) is 4.81. The highest BCUT2D eigenvalue weighted by Crippen LogP contribution is 2.27. The van der Waals surface area contributed by atoms with Crippen LogP contribution in [0.5, 0.6) is 0 Å². The quantitative estimate of drug-likeness (QED) is 0.867. The Morgan fingerprint density at radius 1 is 1.29 bits per heavy atom. The molecule has 0 heterocycles. The summed E-state index contributed by atoms with van der Waals surface area (Å²) in [6.45, 7) is 2.03. The Bertz CT molecular complexity index is 411. The fourth-order valence-electron chi connectivity index (χ4n) is 2.33. The molecule has 1 aromatic rings. The highest BCUT2D eigenvalue weighted by molar-refractivity contribution is 9.10. The number of carbonyl (C=O) groups is 1. The van der Waals surface area contributed by atoms with Crippen LogP contribution in [-0.4, -0.2) is 5.91 Å². The third-order valence-corrected chi connectivity index (χ3v) is 4.05. The monoisotopic (exact) mass is 295 g/mol. The van der Waals surface area contributed by atoms with Crippen LogP contribution < -0.4 is 5.32 Å². The zero-order valence-electron chi connectivity index (χ0n) is 10.1. The number of halogens is 1. The number of nitrogens with one attached hydrogen (secondary N) is 1. The van der Waals surface area contributed by atoms with Gasteiger partial charge in [-0.3, -0.25) is 4.79 Å². The Kier molecular flexibility index (Phi) is 4.21. The van der Waals surface area contributed by atoms with Crippen LogP contribution in [0.4, 0.5) is 5.69 Å². The van der Waals surface area contributed by atoms with Crippen LogP contribution in [-0.2, 0) is 4.79 Å². The number of anilines is 1. The normalized spacial score (nSPS) is 16.8. The molecule has 1 N–H and O–H groups in total. The molecule has 0 aliphatic heterocycles. The van der Waals surface area contributed by atoms with Crippen molar-refractivity contribution in [2.24, 2.45) is 5.92 Å². The van der Waals surface area contributed by atoms with Gasteiger partial charge in [0.2, 0.25) is 5.91 Å². The highest BCUT2D eigenvalue weighted by atomic mass is 79.9. The van der Waals surface area contributed by atoms with Gasteiger partial charge in [0, 0.05) is 10.4 Å². The van der Waals surface area contributed by atoms with E-state index >= 15 is 0 Å². The largest absolute Gasteiger partial charge is 0.325 e. The summed E-state index contributed by atoms with van der Waals surface area (Å²) in [6, 6.07) is 6.01. The lowest BCUT2D eigenvalue weighted by Gasteiger charge is -2.21. The minimum Gasteiger partial charge on any atom is -0.325 e. The molecule has 1 fully saturated rings. The van der Waals surface area contributed by atoms with Gasteiger partial charge in [-0.1, -0.05) is 25.3 Å². The van der Waals surface area contributed by atoms with E-state index in [0.717, 1.165) is 28.6 Å². The molecule has 1 amide bonds. The van der Waals surface area contributed by atoms with E-state index in [1.165, 1.54) is 19.3 Å². The molecule has 92 valence electrons. The second kappa shape index (κ2) is 5.67. The van der Waals surface area contributed by atoms with Crippen LogP contribution in [0.3, 0.4) is 0 Å². The number of carbonyl (C=O) groups excluding carboxylic acids is 1. The van der Waals surface area contributed by atoms with Crippen molar-refractivity contribution in [2.45, 2.75) is 39.0 Å². The number of hydrogen-bond donors (Lipinski definition) is 1. The van der Waals surface area contributed by atoms with Gasteiger partial charge in [-0.2, -0.15) is 0 Å². The predicted octanol–water partition coefficient (Wildman–Crippen LogP) is 4.28. The summed E-state index contributed by atoms with van der Waals surface area (Å²) in [6.07, 6.45) is 5.72. The van der Waals surface area contributed by atoms with Gasteiger partial charge in [-0.15, -0.1) is 0 Å². The summed E-state index contributed by atoms with van der Waals surface area (Å²) >= 11 is 3.47. The zero-order valence-corrected chi connectivity index (χ0v) is 11.7. The summed E-state index contributed by atoms with van der Waals surface area (Å²) in [5.74, 6) is 0.382. The van der Waals surface area contributed by atoms with Gasteiger partial charge >= 0.3 is 0 Å². The van der Waals surface area contributed by atoms with E-state index in [9.17, 15) is 4.79 Å². The molecule has 1 aliphatic rings. The Balaban J connectivity index is 2.04. The molecular formula is C14H18BrNO. The lowest BCUT2D eigenvalue weighted by molar-refractivity contribution is -0.120. The third-order valence-electron chi connectivity index (χ3n) is 3.36. The summed E-state index contributed by atoms with van der Waals surface area (Å²) in [4.78, 5) is 12.1. The fraction of sp³-hybridized carbons (Fsp3) is 0.500. The van der Waals surface area contributed by atoms with E-state index in [2.05, 4.69) is 21.2 Å². The van der Waals surface area contributed by atoms with Gasteiger partial charge < -0.3 is 5.32 Å². The number of benzene rings is 1. The molecule has 0 saturated heterocycles. The molecule has 0 atom stereocenters. The van der Waals surface area contributed by atoms with Gasteiger partial charge in [0.1, 0.15) is 0 Å². The summed E-state index contributed by atoms with van der Waals surface area (Å²) < 4.78 is 0.951. The average Bonchev–Trinajstić information content (AvgIpc) is 2.35. The molecular weight excluding hydrogens is 278 g/mol. The van der Waals surface area contributed by atoms with E-state index in [1.54, 1.807) is 0 Å². The maximum Gasteiger partial charge on any atom is 0.227 e. The van der Waals surface area contributed by atoms with Crippen LogP contribution in [0, 0.1) is 12.8 Å². The second-order valence-corrected chi connectivity index (χ2v) is 5.66. The maximum absolute atomic E-state index is 12.1. The van der Waals surface area contributed by atoms with Crippen molar-refractivity contribution in [1.82, 2.24) is 0 Å². The molecule has 0 spiro atoms. The summed E-state index contributed by atoms with van der Waals surface area (Å²) in [5.41, 5.74) is 2.05. The summed E-state index contributed by atoms with van der Waals surface area (Å²) in [7, 11) is 0. The van der Waals surface area contributed by atoms with Crippen molar-refractivity contribution < 1.29 is 4.79 Å². The van der Waals surface area contributed by atoms with Gasteiger partial charge in [-0.25, -0.2) is 0 Å². The zero-order chi connectivity index (χ0) is 12.3. The molecule has 17 heavy (non-hydrogen) atoms. The van der Waals surface area contributed by atoms with Gasteiger partial charge in [0.05, 0.1) is 5.69 Å². The van der Waals surface area contributed by atoms with Crippen LogP contribution in [0.25, 0.3) is 0 Å². The van der Waals surface area contributed by atoms with Crippen molar-refractivity contribution in [3.63, 3.8) is 0 Å². The molecule has 2 nitrogen and oxygen atoms in total. The topological polar surface area (TPSA) is 29.1 Å². The van der Waals surface area contributed by atoms with Crippen molar-refractivity contribution >= 4 is 27.5 Å². The molecule has 3 heteroatoms. The molecule has 0 bridgehead atoms. The van der Waals surface area contributed by atoms with E-state index in [1.807, 2.05) is 25.1 Å². The van der Waals surface area contributed by atoms with Crippen LogP contribution in [0.1, 0.15) is 37.7 Å². The molecule has 0 radical (unpaired) electrons. The fourth-order valence-corrected chi connectivity index (χ4v) is 2.68. The minimum absolute atomic E-state index is 0.177. The van der Waals surface area contributed by atoms with Crippen molar-refractivity contribution in [1.29, 1.82) is 0 Å². The molecule has 0 unspecified atom stereocenters. The smallest absolute Gasteiger partial charge is 0.227 e. The number of rotatable bonds is 2. The van der Waals surface area contributed by atoms with Crippen LogP contribution in [0.2, 0.25) is 0 Å². The Morgan fingerprint density at radius 3 is 2.71 bits per heavy atom. The Labute approximate surface area is 111 Å². The Hall–Kier alpha value is -0.830. The number of amides is 1. The molecule has 1 saturated carbocycles. The van der Waals surface area contributed by atoms with Gasteiger partial charge in [-0.05, 0) is 53.4 Å². The standard InChI is InChI=1S/C14H18BrNO/c1-10-7-8-12(15)13(9-10)16-14(17)11-5-3-2-4-6-11/h7-9,11H,2-6H2,1H3,(H,16,17). The molecule has 2 rings (SSSR count). The predicted molar refractivity (Wildman–Crippen MR) is 74.1 cm³/mol. The van der Waals surface area contributed by atoms with Gasteiger partial charge in [0.25, 0.3) is 0 Å². The molecule has 1 aromatic carbocycles. The van der Waals surface area contributed by atoms with E-state index < -0.39 is 0 Å². The molecule has 1 aliphatic carbocycles. The van der Waals surface area contributed by atoms with Crippen LogP contribution >= 0.6 is 15.9 Å². The van der Waals surface area contributed by atoms with Crippen molar-refractivity contribution in [3.05, 3.63) is 28.2 Å². The minimum atomic E-state index is 0.177. The average molecular weight is 296 g/mol. The van der Waals surface area contributed by atoms with Crippen molar-refractivity contribution in [3.8, 4) is 0 Å². The van der Waals surface area contributed by atoms with E-state index in [-0.39, 0.29) is 11.8 Å². The lowest BCUT2D eigenvalue weighted by atomic mass is 9.88. The van der Waals surface area contributed by atoms with E-state index in [4.69, 9.17) is 0 Å². The Morgan fingerprint density at radius 2 is 2.00 bits per heavy atom. The third kappa shape index (κ3) is 3.32. The molecule has 0 aromatic heterocycles. The maximum atomic E-state index is 12.1. The van der Waals surface area contributed by atoms with Crippen molar-refractivity contribution in [2.75, 3.05) is 5.32 Å². The first-order valence-corrected chi connectivity index (χ1v) is 7.03. The highest BCUT2D eigenvalue weighted by Gasteiger charge is 2.21. The number of aryl methyl sites for hydroxylation is 1. The van der Waals surface area contributed by atoms with Gasteiger partial charge in [0.15, 0.2) is 0 Å². The summed E-state index contributed by atoms with van der Waals surface area (Å²) in [5, 5.41) is 3.03. The van der Waals surface area contributed by atoms with E-state index in [0.29, 0.717) is 0 Å². The first kappa shape index (κ1) is 12.6. The first-order chi connectivity index (χ1) is 8.16. The number of hydrogen-bond acceptors (Lipinski definition) is 1. The lowest BCUT2D eigenvalue weighted by Crippen LogP contribution is -2.24. The first-order valence-electron chi connectivity index (χ1n) is 6.24. The van der Waals surface area contributed by atoms with Crippen LogP contribution in [0.15, 0.2) is 22.7 Å². The SMILES string of the molecule is Cc1ccc(Br)c(NC(=O)C2CCCCC2)c1.